The number of thioether (sulfide) groups is 1. The lowest BCUT2D eigenvalue weighted by Gasteiger charge is -1.92. The molecule has 0 aliphatic carbocycles. The summed E-state index contributed by atoms with van der Waals surface area (Å²) in [5.74, 6) is 0.692. The predicted octanol–water partition coefficient (Wildman–Crippen LogP) is 2.67. The number of nitrogens with one attached hydrogen (secondary N) is 1. The second-order valence-corrected chi connectivity index (χ2v) is 4.59. The molecule has 1 N–H and O–H groups in total. The smallest absolute Gasteiger partial charge is 0.324 e. The van der Waals surface area contributed by atoms with Gasteiger partial charge in [-0.2, -0.15) is 0 Å². The Labute approximate surface area is 93.7 Å². The van der Waals surface area contributed by atoms with E-state index in [1.54, 1.807) is 23.8 Å². The highest BCUT2D eigenvalue weighted by Crippen LogP contribution is 2.27. The van der Waals surface area contributed by atoms with Gasteiger partial charge in [-0.05, 0) is 5.56 Å². The van der Waals surface area contributed by atoms with Gasteiger partial charge in [-0.15, -0.1) is 0 Å². The first kappa shape index (κ1) is 10.2. The monoisotopic (exact) mass is 241 g/mol. The summed E-state index contributed by atoms with van der Waals surface area (Å²) in [6, 6.07) is 1.60. The van der Waals surface area contributed by atoms with Crippen LogP contribution in [0.2, 0.25) is 0 Å². The zero-order valence-electron chi connectivity index (χ0n) is 7.54. The second kappa shape index (κ2) is 4.45. The number of imidazole rings is 1. The molecule has 0 bridgehead atoms. The SMILES string of the molecule is O=[N+]([O-])c1cc(CSc2ncc[nH]2)cs1. The van der Waals surface area contributed by atoms with Crippen LogP contribution in [0.15, 0.2) is 29.0 Å². The number of aromatic nitrogens is 2. The lowest BCUT2D eigenvalue weighted by Crippen LogP contribution is -1.82. The Morgan fingerprint density at radius 2 is 2.53 bits per heavy atom. The van der Waals surface area contributed by atoms with Gasteiger partial charge in [-0.1, -0.05) is 23.1 Å². The van der Waals surface area contributed by atoms with Gasteiger partial charge in [0.05, 0.1) is 4.92 Å². The number of rotatable bonds is 4. The Balaban J connectivity index is 1.96. The molecule has 0 unspecified atom stereocenters. The largest absolute Gasteiger partial charge is 0.340 e. The van der Waals surface area contributed by atoms with Gasteiger partial charge >= 0.3 is 5.00 Å². The Kier molecular flexibility index (Phi) is 3.02. The minimum Gasteiger partial charge on any atom is -0.340 e. The molecule has 0 fully saturated rings. The maximum absolute atomic E-state index is 10.4. The second-order valence-electron chi connectivity index (χ2n) is 2.73. The van der Waals surface area contributed by atoms with Crippen molar-refractivity contribution < 1.29 is 4.92 Å². The highest BCUT2D eigenvalue weighted by molar-refractivity contribution is 7.98. The topological polar surface area (TPSA) is 71.8 Å². The summed E-state index contributed by atoms with van der Waals surface area (Å²) in [5, 5.41) is 13.2. The molecule has 78 valence electrons. The molecule has 7 heteroatoms. The first-order valence-corrected chi connectivity index (χ1v) is 5.96. The van der Waals surface area contributed by atoms with Gasteiger partial charge in [0, 0.05) is 29.6 Å². The van der Waals surface area contributed by atoms with Crippen LogP contribution in [0.3, 0.4) is 0 Å². The molecule has 0 amide bonds. The maximum Gasteiger partial charge on any atom is 0.324 e. The van der Waals surface area contributed by atoms with E-state index in [2.05, 4.69) is 9.97 Å². The summed E-state index contributed by atoms with van der Waals surface area (Å²) in [6.07, 6.45) is 3.43. The average molecular weight is 241 g/mol. The molecule has 0 saturated heterocycles. The number of aromatic amines is 1. The molecule has 0 radical (unpaired) electrons. The number of nitro groups is 1. The summed E-state index contributed by atoms with van der Waals surface area (Å²) < 4.78 is 0. The molecule has 0 aliphatic rings. The van der Waals surface area contributed by atoms with Crippen LogP contribution in [0.4, 0.5) is 5.00 Å². The fourth-order valence-electron chi connectivity index (χ4n) is 1.02. The zero-order valence-corrected chi connectivity index (χ0v) is 9.18. The molecule has 2 heterocycles. The average Bonchev–Trinajstić information content (AvgIpc) is 2.86. The van der Waals surface area contributed by atoms with Crippen molar-refractivity contribution in [3.63, 3.8) is 0 Å². The Morgan fingerprint density at radius 3 is 3.13 bits per heavy atom. The van der Waals surface area contributed by atoms with E-state index in [-0.39, 0.29) is 9.92 Å². The van der Waals surface area contributed by atoms with Crippen LogP contribution < -0.4 is 0 Å². The molecule has 0 spiro atoms. The van der Waals surface area contributed by atoms with Crippen molar-refractivity contribution in [1.29, 1.82) is 0 Å². The summed E-state index contributed by atoms with van der Waals surface area (Å²) >= 11 is 2.67. The van der Waals surface area contributed by atoms with E-state index >= 15 is 0 Å². The predicted molar refractivity (Wildman–Crippen MR) is 59.1 cm³/mol. The van der Waals surface area contributed by atoms with E-state index < -0.39 is 0 Å². The van der Waals surface area contributed by atoms with Crippen LogP contribution in [0.1, 0.15) is 5.56 Å². The molecule has 2 aromatic heterocycles. The lowest BCUT2D eigenvalue weighted by molar-refractivity contribution is -0.380. The third kappa shape index (κ3) is 2.57. The minimum absolute atomic E-state index is 0.185. The van der Waals surface area contributed by atoms with Crippen molar-refractivity contribution in [2.45, 2.75) is 10.9 Å². The number of nitrogens with zero attached hydrogens (tertiary/aromatic N) is 2. The minimum atomic E-state index is -0.369. The van der Waals surface area contributed by atoms with Crippen molar-refractivity contribution >= 4 is 28.1 Å². The first-order chi connectivity index (χ1) is 7.25. The van der Waals surface area contributed by atoms with Crippen LogP contribution in [-0.2, 0) is 5.75 Å². The number of hydrogen-bond acceptors (Lipinski definition) is 5. The summed E-state index contributed by atoms with van der Waals surface area (Å²) in [6.45, 7) is 0. The van der Waals surface area contributed by atoms with Gasteiger partial charge in [0.15, 0.2) is 5.16 Å². The number of hydrogen-bond donors (Lipinski definition) is 1. The van der Waals surface area contributed by atoms with E-state index in [0.29, 0.717) is 5.75 Å². The van der Waals surface area contributed by atoms with Crippen LogP contribution in [0.25, 0.3) is 0 Å². The van der Waals surface area contributed by atoms with E-state index in [0.717, 1.165) is 22.1 Å². The first-order valence-electron chi connectivity index (χ1n) is 4.09. The van der Waals surface area contributed by atoms with Gasteiger partial charge in [0.1, 0.15) is 0 Å². The van der Waals surface area contributed by atoms with Crippen LogP contribution in [-0.4, -0.2) is 14.9 Å². The maximum atomic E-state index is 10.4. The standard InChI is InChI=1S/C8H7N3O2S2/c12-11(13)7-3-6(4-14-7)5-15-8-9-1-2-10-8/h1-4H,5H2,(H,9,10). The van der Waals surface area contributed by atoms with E-state index in [1.165, 1.54) is 11.8 Å². The normalized spacial score (nSPS) is 10.4. The fourth-order valence-corrected chi connectivity index (χ4v) is 2.61. The van der Waals surface area contributed by atoms with Gasteiger partial charge in [0.2, 0.25) is 0 Å². The summed E-state index contributed by atoms with van der Waals surface area (Å²) in [4.78, 5) is 17.1. The van der Waals surface area contributed by atoms with Gasteiger partial charge < -0.3 is 4.98 Å². The third-order valence-electron chi connectivity index (χ3n) is 1.67. The van der Waals surface area contributed by atoms with Gasteiger partial charge in [0.25, 0.3) is 0 Å². The van der Waals surface area contributed by atoms with Gasteiger partial charge in [-0.3, -0.25) is 10.1 Å². The van der Waals surface area contributed by atoms with Crippen LogP contribution in [0, 0.1) is 10.1 Å². The Hall–Kier alpha value is -1.34. The van der Waals surface area contributed by atoms with Crippen molar-refractivity contribution in [1.82, 2.24) is 9.97 Å². The lowest BCUT2D eigenvalue weighted by atomic mass is 10.4. The molecule has 0 atom stereocenters. The molecular formula is C8H7N3O2S2. The highest BCUT2D eigenvalue weighted by atomic mass is 32.2. The highest BCUT2D eigenvalue weighted by Gasteiger charge is 2.09. The summed E-state index contributed by atoms with van der Waals surface area (Å²) in [7, 11) is 0. The van der Waals surface area contributed by atoms with Crippen molar-refractivity contribution in [3.05, 3.63) is 39.5 Å². The van der Waals surface area contributed by atoms with Crippen LogP contribution in [0.5, 0.6) is 0 Å². The molecule has 2 rings (SSSR count). The summed E-state index contributed by atoms with van der Waals surface area (Å²) in [5.41, 5.74) is 0.952. The fraction of sp³-hybridized carbons (Fsp3) is 0.125. The molecule has 0 aliphatic heterocycles. The Bertz CT molecular complexity index is 452. The molecule has 2 aromatic rings. The third-order valence-corrected chi connectivity index (χ3v) is 3.57. The van der Waals surface area contributed by atoms with Gasteiger partial charge in [-0.25, -0.2) is 4.98 Å². The molecule has 5 nitrogen and oxygen atoms in total. The Morgan fingerprint density at radius 1 is 1.67 bits per heavy atom. The molecule has 15 heavy (non-hydrogen) atoms. The van der Waals surface area contributed by atoms with Crippen molar-refractivity contribution in [2.24, 2.45) is 0 Å². The van der Waals surface area contributed by atoms with E-state index in [4.69, 9.17) is 0 Å². The molecule has 0 saturated carbocycles. The van der Waals surface area contributed by atoms with Crippen molar-refractivity contribution in [3.8, 4) is 0 Å². The van der Waals surface area contributed by atoms with Crippen molar-refractivity contribution in [2.75, 3.05) is 0 Å². The number of thiophene rings is 1. The number of H-pyrrole nitrogens is 1. The van der Waals surface area contributed by atoms with E-state index in [1.807, 2.05) is 0 Å². The van der Waals surface area contributed by atoms with Crippen LogP contribution >= 0.6 is 23.1 Å². The quantitative estimate of drug-likeness (QED) is 0.507. The molecular weight excluding hydrogens is 234 g/mol. The molecule has 0 aromatic carbocycles. The van der Waals surface area contributed by atoms with E-state index in [9.17, 15) is 10.1 Å². The zero-order chi connectivity index (χ0) is 10.7.